The van der Waals surface area contributed by atoms with E-state index < -0.39 is 5.97 Å². The Kier molecular flexibility index (Phi) is 5.90. The second kappa shape index (κ2) is 8.13. The van der Waals surface area contributed by atoms with Gasteiger partial charge in [-0.15, -0.1) is 0 Å². The summed E-state index contributed by atoms with van der Waals surface area (Å²) < 4.78 is 0. The smallest absolute Gasteiger partial charge is 0.320 e. The van der Waals surface area contributed by atoms with E-state index in [0.29, 0.717) is 18.1 Å². The second-order valence-electron chi connectivity index (χ2n) is 7.41. The molecule has 0 aromatic heterocycles. The summed E-state index contributed by atoms with van der Waals surface area (Å²) in [5.41, 5.74) is 1.38. The Morgan fingerprint density at radius 2 is 1.92 bits per heavy atom. The number of hydrogen-bond acceptors (Lipinski definition) is 3. The Bertz CT molecular complexity index is 520. The molecular formula is C20H30N2O2. The number of fused-ring (bicyclic) bond motifs is 2. The second-order valence-corrected chi connectivity index (χ2v) is 7.41. The van der Waals surface area contributed by atoms with E-state index in [2.05, 4.69) is 47.5 Å². The molecule has 24 heavy (non-hydrogen) atoms. The van der Waals surface area contributed by atoms with Crippen molar-refractivity contribution in [2.24, 2.45) is 0 Å². The number of benzene rings is 1. The molecule has 2 bridgehead atoms. The van der Waals surface area contributed by atoms with Crippen molar-refractivity contribution in [2.45, 2.75) is 82.6 Å². The number of nitrogens with zero attached hydrogens (tertiary/aromatic N) is 1. The molecule has 1 aromatic carbocycles. The molecule has 0 saturated carbocycles. The van der Waals surface area contributed by atoms with Crippen molar-refractivity contribution in [1.82, 2.24) is 10.2 Å². The molecule has 1 aromatic rings. The van der Waals surface area contributed by atoms with Crippen LogP contribution in [-0.4, -0.2) is 40.1 Å². The van der Waals surface area contributed by atoms with E-state index in [-0.39, 0.29) is 6.04 Å². The van der Waals surface area contributed by atoms with E-state index >= 15 is 0 Å². The molecule has 3 atom stereocenters. The average Bonchev–Trinajstić information content (AvgIpc) is 2.81. The molecule has 0 aliphatic carbocycles. The maximum atomic E-state index is 11.5. The summed E-state index contributed by atoms with van der Waals surface area (Å²) in [5, 5.41) is 12.9. The number of carboxylic acids is 1. The lowest BCUT2D eigenvalue weighted by Crippen LogP contribution is -2.52. The van der Waals surface area contributed by atoms with Crippen LogP contribution in [0.25, 0.3) is 0 Å². The molecule has 2 fully saturated rings. The van der Waals surface area contributed by atoms with Gasteiger partial charge in [-0.3, -0.25) is 9.69 Å². The lowest BCUT2D eigenvalue weighted by atomic mass is 9.95. The summed E-state index contributed by atoms with van der Waals surface area (Å²) in [6, 6.07) is 11.9. The number of rotatable bonds is 8. The molecule has 2 saturated heterocycles. The normalized spacial score (nSPS) is 28.0. The Hall–Kier alpha value is -1.39. The van der Waals surface area contributed by atoms with Crippen LogP contribution in [0.4, 0.5) is 0 Å². The molecule has 4 heteroatoms. The molecule has 0 radical (unpaired) electrons. The molecule has 0 spiro atoms. The fourth-order valence-electron chi connectivity index (χ4n) is 4.43. The molecule has 2 aliphatic heterocycles. The highest BCUT2D eigenvalue weighted by Crippen LogP contribution is 2.37. The van der Waals surface area contributed by atoms with E-state index in [4.69, 9.17) is 0 Å². The highest BCUT2D eigenvalue weighted by atomic mass is 16.4. The monoisotopic (exact) mass is 330 g/mol. The van der Waals surface area contributed by atoms with Gasteiger partial charge >= 0.3 is 5.97 Å². The third-order valence-electron chi connectivity index (χ3n) is 5.67. The van der Waals surface area contributed by atoms with E-state index in [0.717, 1.165) is 38.6 Å². The summed E-state index contributed by atoms with van der Waals surface area (Å²) in [5.74, 6) is -0.692. The Balaban J connectivity index is 1.57. The van der Waals surface area contributed by atoms with Gasteiger partial charge in [-0.25, -0.2) is 0 Å². The summed E-state index contributed by atoms with van der Waals surface area (Å²) in [4.78, 5) is 14.1. The molecule has 2 heterocycles. The largest absolute Gasteiger partial charge is 0.480 e. The van der Waals surface area contributed by atoms with Gasteiger partial charge in [0.25, 0.3) is 0 Å². The zero-order valence-corrected chi connectivity index (χ0v) is 14.7. The van der Waals surface area contributed by atoms with Gasteiger partial charge in [0.1, 0.15) is 6.04 Å². The summed E-state index contributed by atoms with van der Waals surface area (Å²) in [7, 11) is 0. The lowest BCUT2D eigenvalue weighted by molar-refractivity contribution is -0.140. The van der Waals surface area contributed by atoms with Crippen LogP contribution >= 0.6 is 0 Å². The van der Waals surface area contributed by atoms with Crippen LogP contribution in [0.3, 0.4) is 0 Å². The molecule has 3 unspecified atom stereocenters. The summed E-state index contributed by atoms with van der Waals surface area (Å²) >= 11 is 0. The van der Waals surface area contributed by atoms with Crippen molar-refractivity contribution in [3.8, 4) is 0 Å². The Labute approximate surface area is 145 Å². The van der Waals surface area contributed by atoms with Gasteiger partial charge in [-0.1, -0.05) is 50.1 Å². The first-order valence-electron chi connectivity index (χ1n) is 9.46. The first-order chi connectivity index (χ1) is 11.7. The first-order valence-corrected chi connectivity index (χ1v) is 9.46. The van der Waals surface area contributed by atoms with Crippen molar-refractivity contribution in [3.05, 3.63) is 35.9 Å². The highest BCUT2D eigenvalue weighted by Gasteiger charge is 2.41. The molecule has 2 aliphatic rings. The number of carboxylic acid groups (broad SMARTS) is 1. The predicted octanol–water partition coefficient (Wildman–Crippen LogP) is 3.42. The van der Waals surface area contributed by atoms with Gasteiger partial charge in [0.2, 0.25) is 0 Å². The quantitative estimate of drug-likeness (QED) is 0.767. The molecule has 132 valence electrons. The Morgan fingerprint density at radius 3 is 2.50 bits per heavy atom. The number of hydrogen-bond donors (Lipinski definition) is 2. The fraction of sp³-hybridized carbons (Fsp3) is 0.650. The fourth-order valence-corrected chi connectivity index (χ4v) is 4.43. The number of aliphatic carboxylic acids is 1. The van der Waals surface area contributed by atoms with Crippen LogP contribution < -0.4 is 5.32 Å². The van der Waals surface area contributed by atoms with E-state index in [9.17, 15) is 9.90 Å². The number of carbonyl (C=O) groups is 1. The minimum absolute atomic E-state index is 0.354. The van der Waals surface area contributed by atoms with Crippen LogP contribution in [0, 0.1) is 0 Å². The molecule has 2 N–H and O–H groups in total. The number of piperidine rings is 1. The average molecular weight is 330 g/mol. The van der Waals surface area contributed by atoms with Gasteiger partial charge in [0.05, 0.1) is 0 Å². The predicted molar refractivity (Wildman–Crippen MR) is 95.9 cm³/mol. The van der Waals surface area contributed by atoms with Crippen molar-refractivity contribution < 1.29 is 9.90 Å². The minimum Gasteiger partial charge on any atom is -0.480 e. The maximum Gasteiger partial charge on any atom is 0.320 e. The standard InChI is InChI=1S/C20H30N2O2/c1-2-3-9-19(20(23)24)21-16-12-17-10-11-18(13-16)22(17)14-15-7-5-4-6-8-15/h4-8,16-19,21H,2-3,9-14H2,1H3,(H,23,24). The van der Waals surface area contributed by atoms with Gasteiger partial charge in [0.15, 0.2) is 0 Å². The van der Waals surface area contributed by atoms with E-state index in [1.54, 1.807) is 0 Å². The van der Waals surface area contributed by atoms with Crippen LogP contribution in [0.2, 0.25) is 0 Å². The van der Waals surface area contributed by atoms with Gasteiger partial charge in [-0.2, -0.15) is 0 Å². The number of unbranched alkanes of at least 4 members (excludes halogenated alkanes) is 1. The zero-order valence-electron chi connectivity index (χ0n) is 14.7. The molecule has 4 nitrogen and oxygen atoms in total. The van der Waals surface area contributed by atoms with E-state index in [1.807, 2.05) is 0 Å². The number of nitrogens with one attached hydrogen (secondary N) is 1. The summed E-state index contributed by atoms with van der Waals surface area (Å²) in [6.07, 6.45) is 7.44. The van der Waals surface area contributed by atoms with Crippen molar-refractivity contribution in [1.29, 1.82) is 0 Å². The van der Waals surface area contributed by atoms with Crippen molar-refractivity contribution >= 4 is 5.97 Å². The first kappa shape index (κ1) is 17.4. The van der Waals surface area contributed by atoms with Gasteiger partial charge in [-0.05, 0) is 37.7 Å². The highest BCUT2D eigenvalue weighted by molar-refractivity contribution is 5.73. The zero-order chi connectivity index (χ0) is 16.9. The topological polar surface area (TPSA) is 52.6 Å². The van der Waals surface area contributed by atoms with E-state index in [1.165, 1.54) is 18.4 Å². The third-order valence-corrected chi connectivity index (χ3v) is 5.67. The van der Waals surface area contributed by atoms with Crippen molar-refractivity contribution in [2.75, 3.05) is 0 Å². The van der Waals surface area contributed by atoms with Gasteiger partial charge in [0, 0.05) is 24.7 Å². The minimum atomic E-state index is -0.692. The lowest BCUT2D eigenvalue weighted by Gasteiger charge is -2.40. The van der Waals surface area contributed by atoms with Gasteiger partial charge < -0.3 is 10.4 Å². The van der Waals surface area contributed by atoms with Crippen LogP contribution in [0.1, 0.15) is 57.4 Å². The molecule has 3 rings (SSSR count). The Morgan fingerprint density at radius 1 is 1.25 bits per heavy atom. The SMILES string of the molecule is CCCCC(NC1CC2CCC(C1)N2Cc1ccccc1)C(=O)O. The van der Waals surface area contributed by atoms with Crippen molar-refractivity contribution in [3.63, 3.8) is 0 Å². The summed E-state index contributed by atoms with van der Waals surface area (Å²) in [6.45, 7) is 3.14. The van der Waals surface area contributed by atoms with Crippen LogP contribution in [0.15, 0.2) is 30.3 Å². The molecular weight excluding hydrogens is 300 g/mol. The third kappa shape index (κ3) is 4.17. The maximum absolute atomic E-state index is 11.5. The van der Waals surface area contributed by atoms with Crippen LogP contribution in [0.5, 0.6) is 0 Å². The van der Waals surface area contributed by atoms with Crippen LogP contribution in [-0.2, 0) is 11.3 Å². The molecule has 0 amide bonds.